The summed E-state index contributed by atoms with van der Waals surface area (Å²) in [6, 6.07) is 12.7. The highest BCUT2D eigenvalue weighted by atomic mass is 127. The minimum atomic E-state index is -0.500. The van der Waals surface area contributed by atoms with Crippen molar-refractivity contribution in [1.29, 1.82) is 0 Å². The summed E-state index contributed by atoms with van der Waals surface area (Å²) in [5.74, 6) is -0.327. The summed E-state index contributed by atoms with van der Waals surface area (Å²) < 4.78 is 7.44. The predicted molar refractivity (Wildman–Crippen MR) is 126 cm³/mol. The topological polar surface area (TPSA) is 75.7 Å². The summed E-state index contributed by atoms with van der Waals surface area (Å²) in [6.45, 7) is 2.00. The molecule has 1 aliphatic heterocycles. The van der Waals surface area contributed by atoms with Crippen molar-refractivity contribution in [2.45, 2.75) is 6.92 Å². The Morgan fingerprint density at radius 2 is 1.97 bits per heavy atom. The van der Waals surface area contributed by atoms with Crippen LogP contribution in [0.15, 0.2) is 51.8 Å². The monoisotopic (exact) mass is 586 g/mol. The summed E-state index contributed by atoms with van der Waals surface area (Å²) in [4.78, 5) is 38.5. The molecule has 1 aliphatic rings. The first-order valence-electron chi connectivity index (χ1n) is 8.60. The van der Waals surface area contributed by atoms with Crippen LogP contribution >= 0.6 is 50.3 Å². The standard InChI is InChI=1S/C20H16BrIN2O4S/c1-2-28-16-8-3-13(21)9-12(16)10-17-19(26)24(20(27)29-17)11-18(25)23-15-6-4-14(22)5-7-15/h3-10H,2,11H2,1H3,(H,23,25)/b17-10+. The third kappa shape index (κ3) is 5.61. The van der Waals surface area contributed by atoms with Gasteiger partial charge in [-0.3, -0.25) is 19.3 Å². The second-order valence-electron chi connectivity index (χ2n) is 5.94. The van der Waals surface area contributed by atoms with E-state index in [1.807, 2.05) is 31.2 Å². The molecule has 0 saturated carbocycles. The summed E-state index contributed by atoms with van der Waals surface area (Å²) in [7, 11) is 0. The molecule has 0 atom stereocenters. The minimum Gasteiger partial charge on any atom is -0.493 e. The van der Waals surface area contributed by atoms with E-state index in [0.29, 0.717) is 23.6 Å². The van der Waals surface area contributed by atoms with Crippen LogP contribution in [0.25, 0.3) is 6.08 Å². The maximum absolute atomic E-state index is 12.7. The van der Waals surface area contributed by atoms with Crippen molar-refractivity contribution < 1.29 is 19.1 Å². The quantitative estimate of drug-likeness (QED) is 0.375. The molecule has 0 spiro atoms. The van der Waals surface area contributed by atoms with Crippen LogP contribution in [-0.4, -0.2) is 35.1 Å². The summed E-state index contributed by atoms with van der Waals surface area (Å²) in [6.07, 6.45) is 1.61. The SMILES string of the molecule is CCOc1ccc(Br)cc1/C=C1/SC(=O)N(CC(=O)Nc2ccc(I)cc2)C1=O. The van der Waals surface area contributed by atoms with Gasteiger partial charge < -0.3 is 10.1 Å². The molecule has 0 radical (unpaired) electrons. The molecule has 1 N–H and O–H groups in total. The lowest BCUT2D eigenvalue weighted by Gasteiger charge is -2.12. The van der Waals surface area contributed by atoms with Crippen LogP contribution in [0.1, 0.15) is 12.5 Å². The van der Waals surface area contributed by atoms with Gasteiger partial charge in [-0.2, -0.15) is 0 Å². The van der Waals surface area contributed by atoms with Gasteiger partial charge in [-0.15, -0.1) is 0 Å². The van der Waals surface area contributed by atoms with Gasteiger partial charge in [-0.05, 0) is 89.8 Å². The van der Waals surface area contributed by atoms with Gasteiger partial charge in [-0.25, -0.2) is 0 Å². The molecule has 1 fully saturated rings. The van der Waals surface area contributed by atoms with E-state index < -0.39 is 17.1 Å². The van der Waals surface area contributed by atoms with Crippen LogP contribution in [0.3, 0.4) is 0 Å². The van der Waals surface area contributed by atoms with E-state index in [2.05, 4.69) is 43.8 Å². The van der Waals surface area contributed by atoms with Gasteiger partial charge in [0.05, 0.1) is 11.5 Å². The van der Waals surface area contributed by atoms with Crippen LogP contribution in [0.2, 0.25) is 0 Å². The van der Waals surface area contributed by atoms with Crippen molar-refractivity contribution in [3.63, 3.8) is 0 Å². The van der Waals surface area contributed by atoms with E-state index in [1.54, 1.807) is 24.3 Å². The number of carbonyl (C=O) groups excluding carboxylic acids is 3. The molecule has 3 rings (SSSR count). The third-order valence-corrected chi connectivity index (χ3v) is 5.98. The number of halogens is 2. The normalized spacial score (nSPS) is 15.1. The van der Waals surface area contributed by atoms with Gasteiger partial charge in [0.1, 0.15) is 12.3 Å². The molecule has 3 amide bonds. The Hall–Kier alpha value is -1.85. The number of amides is 3. The Balaban J connectivity index is 1.74. The maximum atomic E-state index is 12.7. The maximum Gasteiger partial charge on any atom is 0.294 e. The summed E-state index contributed by atoms with van der Waals surface area (Å²) in [5.41, 5.74) is 1.28. The fraction of sp³-hybridized carbons (Fsp3) is 0.150. The van der Waals surface area contributed by atoms with Crippen molar-refractivity contribution in [1.82, 2.24) is 4.90 Å². The first-order valence-corrected chi connectivity index (χ1v) is 11.3. The summed E-state index contributed by atoms with van der Waals surface area (Å²) in [5, 5.41) is 2.21. The zero-order valence-corrected chi connectivity index (χ0v) is 19.8. The van der Waals surface area contributed by atoms with Gasteiger partial charge in [0.15, 0.2) is 0 Å². The molecule has 0 unspecified atom stereocenters. The molecule has 2 aromatic carbocycles. The molecule has 0 aromatic heterocycles. The third-order valence-electron chi connectivity index (χ3n) is 3.86. The van der Waals surface area contributed by atoms with Crippen molar-refractivity contribution in [2.75, 3.05) is 18.5 Å². The van der Waals surface area contributed by atoms with E-state index in [9.17, 15) is 14.4 Å². The Kier molecular flexibility index (Phi) is 7.36. The highest BCUT2D eigenvalue weighted by molar-refractivity contribution is 14.1. The fourth-order valence-corrected chi connectivity index (χ4v) is 4.14. The lowest BCUT2D eigenvalue weighted by atomic mass is 10.2. The van der Waals surface area contributed by atoms with E-state index in [1.165, 1.54) is 0 Å². The number of rotatable bonds is 6. The van der Waals surface area contributed by atoms with Gasteiger partial charge in [-0.1, -0.05) is 15.9 Å². The Bertz CT molecular complexity index is 994. The highest BCUT2D eigenvalue weighted by Gasteiger charge is 2.36. The number of ether oxygens (including phenoxy) is 1. The average Bonchev–Trinajstić information content (AvgIpc) is 2.93. The van der Waals surface area contributed by atoms with Crippen LogP contribution in [0.5, 0.6) is 5.75 Å². The molecule has 1 saturated heterocycles. The lowest BCUT2D eigenvalue weighted by molar-refractivity contribution is -0.127. The number of anilines is 1. The molecule has 2 aromatic rings. The van der Waals surface area contributed by atoms with Crippen molar-refractivity contribution in [3.8, 4) is 5.75 Å². The fourth-order valence-electron chi connectivity index (χ4n) is 2.57. The number of thioether (sulfide) groups is 1. The number of carbonyl (C=O) groups is 3. The molecule has 6 nitrogen and oxygen atoms in total. The Morgan fingerprint density at radius 1 is 1.24 bits per heavy atom. The number of hydrogen-bond acceptors (Lipinski definition) is 5. The predicted octanol–water partition coefficient (Wildman–Crippen LogP) is 5.13. The van der Waals surface area contributed by atoms with Crippen LogP contribution < -0.4 is 10.1 Å². The van der Waals surface area contributed by atoms with E-state index >= 15 is 0 Å². The molecule has 1 heterocycles. The van der Waals surface area contributed by atoms with Crippen LogP contribution in [0, 0.1) is 3.57 Å². The number of hydrogen-bond donors (Lipinski definition) is 1. The van der Waals surface area contributed by atoms with Crippen LogP contribution in [0.4, 0.5) is 10.5 Å². The van der Waals surface area contributed by atoms with E-state index in [4.69, 9.17) is 4.74 Å². The Morgan fingerprint density at radius 3 is 2.66 bits per heavy atom. The molecule has 150 valence electrons. The molecule has 0 aliphatic carbocycles. The van der Waals surface area contributed by atoms with Gasteiger partial charge in [0, 0.05) is 19.3 Å². The van der Waals surface area contributed by atoms with Crippen molar-refractivity contribution >= 4 is 79.1 Å². The van der Waals surface area contributed by atoms with Crippen molar-refractivity contribution in [3.05, 3.63) is 61.0 Å². The number of nitrogens with one attached hydrogen (secondary N) is 1. The average molecular weight is 587 g/mol. The van der Waals surface area contributed by atoms with Gasteiger partial charge in [0.25, 0.3) is 11.1 Å². The molecule has 29 heavy (non-hydrogen) atoms. The molecular weight excluding hydrogens is 571 g/mol. The smallest absolute Gasteiger partial charge is 0.294 e. The van der Waals surface area contributed by atoms with Gasteiger partial charge in [0.2, 0.25) is 5.91 Å². The second kappa shape index (κ2) is 9.77. The molecule has 9 heteroatoms. The van der Waals surface area contributed by atoms with Gasteiger partial charge >= 0.3 is 0 Å². The number of nitrogens with zero attached hydrogens (tertiary/aromatic N) is 1. The van der Waals surface area contributed by atoms with Crippen LogP contribution in [-0.2, 0) is 9.59 Å². The first kappa shape index (κ1) is 21.8. The van der Waals surface area contributed by atoms with E-state index in [0.717, 1.165) is 24.7 Å². The second-order valence-corrected chi connectivity index (χ2v) is 9.09. The van der Waals surface area contributed by atoms with E-state index in [-0.39, 0.29) is 11.4 Å². The lowest BCUT2D eigenvalue weighted by Crippen LogP contribution is -2.36. The number of imide groups is 1. The molecule has 0 bridgehead atoms. The summed E-state index contributed by atoms with van der Waals surface area (Å²) >= 11 is 6.37. The zero-order chi connectivity index (χ0) is 21.0. The van der Waals surface area contributed by atoms with Crippen molar-refractivity contribution in [2.24, 2.45) is 0 Å². The highest BCUT2D eigenvalue weighted by Crippen LogP contribution is 2.34. The number of benzene rings is 2. The Labute approximate surface area is 194 Å². The largest absolute Gasteiger partial charge is 0.493 e. The minimum absolute atomic E-state index is 0.246. The first-order chi connectivity index (χ1) is 13.9. The zero-order valence-electron chi connectivity index (χ0n) is 15.3. The molecular formula is C20H16BrIN2O4S.